The van der Waals surface area contributed by atoms with Crippen molar-refractivity contribution in [3.63, 3.8) is 0 Å². The molecule has 0 saturated carbocycles. The molecule has 7 nitrogen and oxygen atoms in total. The summed E-state index contributed by atoms with van der Waals surface area (Å²) in [6.45, 7) is 4.36. The third-order valence-corrected chi connectivity index (χ3v) is 7.75. The van der Waals surface area contributed by atoms with Gasteiger partial charge in [-0.15, -0.1) is 11.3 Å². The first-order valence-electron chi connectivity index (χ1n) is 12.1. The number of carbonyl (C=O) groups is 1. The minimum absolute atomic E-state index is 0.0347. The highest BCUT2D eigenvalue weighted by Crippen LogP contribution is 2.24. The standard InChI is InChI=1S/C27H28BrN5O2S/c28-22-7-8-24-21(15-22)17-32(25(34)18-33-19-30-26-23(27(33)35)9-14-36-26)13-12-31(11-4-10-29-24)16-20-5-2-1-3-6-20/h1-3,5-9,14-15,19,29H,4,10-13,16-18H2. The zero-order valence-electron chi connectivity index (χ0n) is 19.9. The summed E-state index contributed by atoms with van der Waals surface area (Å²) in [7, 11) is 0. The summed E-state index contributed by atoms with van der Waals surface area (Å²) < 4.78 is 2.39. The lowest BCUT2D eigenvalue weighted by Crippen LogP contribution is -2.41. The van der Waals surface area contributed by atoms with Crippen molar-refractivity contribution in [1.82, 2.24) is 19.4 Å². The molecule has 5 rings (SSSR count). The van der Waals surface area contributed by atoms with E-state index in [4.69, 9.17) is 0 Å². The Hall–Kier alpha value is -3.01. The molecule has 1 aliphatic heterocycles. The first kappa shape index (κ1) is 24.7. The second-order valence-corrected chi connectivity index (χ2v) is 10.8. The van der Waals surface area contributed by atoms with Crippen LogP contribution in [-0.2, 0) is 24.4 Å². The van der Waals surface area contributed by atoms with Gasteiger partial charge >= 0.3 is 0 Å². The van der Waals surface area contributed by atoms with Crippen molar-refractivity contribution in [2.75, 3.05) is 31.5 Å². The van der Waals surface area contributed by atoms with Gasteiger partial charge in [-0.1, -0.05) is 46.3 Å². The number of nitrogens with zero attached hydrogens (tertiary/aromatic N) is 4. The van der Waals surface area contributed by atoms with Crippen LogP contribution in [0.5, 0.6) is 0 Å². The Labute approximate surface area is 222 Å². The minimum Gasteiger partial charge on any atom is -0.385 e. The van der Waals surface area contributed by atoms with Gasteiger partial charge in [0, 0.05) is 49.4 Å². The van der Waals surface area contributed by atoms with Crippen LogP contribution in [-0.4, -0.2) is 51.4 Å². The fourth-order valence-corrected chi connectivity index (χ4v) is 5.65. The van der Waals surface area contributed by atoms with E-state index in [1.54, 1.807) is 6.07 Å². The Morgan fingerprint density at radius 3 is 2.81 bits per heavy atom. The lowest BCUT2D eigenvalue weighted by molar-refractivity contribution is -0.132. The van der Waals surface area contributed by atoms with E-state index in [0.717, 1.165) is 48.3 Å². The van der Waals surface area contributed by atoms with Gasteiger partial charge in [-0.3, -0.25) is 19.1 Å². The molecule has 0 unspecified atom stereocenters. The van der Waals surface area contributed by atoms with Crippen molar-refractivity contribution in [1.29, 1.82) is 0 Å². The van der Waals surface area contributed by atoms with Gasteiger partial charge in [-0.2, -0.15) is 0 Å². The third kappa shape index (κ3) is 5.86. The van der Waals surface area contributed by atoms with Gasteiger partial charge < -0.3 is 10.2 Å². The molecular weight excluding hydrogens is 538 g/mol. The van der Waals surface area contributed by atoms with E-state index in [-0.39, 0.29) is 18.0 Å². The monoisotopic (exact) mass is 565 g/mol. The molecule has 0 radical (unpaired) electrons. The van der Waals surface area contributed by atoms with Gasteiger partial charge in [0.15, 0.2) is 0 Å². The highest BCUT2D eigenvalue weighted by Gasteiger charge is 2.20. The summed E-state index contributed by atoms with van der Waals surface area (Å²) in [4.78, 5) is 35.8. The average molecular weight is 567 g/mol. The van der Waals surface area contributed by atoms with Crippen molar-refractivity contribution in [2.24, 2.45) is 0 Å². The van der Waals surface area contributed by atoms with Crippen LogP contribution in [0.2, 0.25) is 0 Å². The van der Waals surface area contributed by atoms with E-state index in [0.29, 0.717) is 23.3 Å². The summed E-state index contributed by atoms with van der Waals surface area (Å²) in [5.74, 6) is -0.0988. The molecule has 9 heteroatoms. The molecular formula is C27H28BrN5O2S. The highest BCUT2D eigenvalue weighted by atomic mass is 79.9. The largest absolute Gasteiger partial charge is 0.385 e. The smallest absolute Gasteiger partial charge is 0.262 e. The van der Waals surface area contributed by atoms with Crippen LogP contribution >= 0.6 is 27.3 Å². The molecule has 1 amide bonds. The Kier molecular flexibility index (Phi) is 7.79. The number of hydrogen-bond acceptors (Lipinski definition) is 6. The van der Waals surface area contributed by atoms with Crippen LogP contribution in [0.3, 0.4) is 0 Å². The van der Waals surface area contributed by atoms with Gasteiger partial charge in [0.1, 0.15) is 11.4 Å². The SMILES string of the molecule is O=C(Cn1cnc2sccc2c1=O)N1CCN(Cc2ccccc2)CCCNc2ccc(Br)cc2C1. The number of benzene rings is 2. The normalized spacial score (nSPS) is 15.2. The molecule has 1 aliphatic rings. The molecule has 0 spiro atoms. The number of anilines is 1. The first-order chi connectivity index (χ1) is 17.6. The van der Waals surface area contributed by atoms with E-state index in [1.807, 2.05) is 22.4 Å². The lowest BCUT2D eigenvalue weighted by Gasteiger charge is -2.28. The Morgan fingerprint density at radius 1 is 1.08 bits per heavy atom. The number of rotatable bonds is 4. The van der Waals surface area contributed by atoms with Gasteiger partial charge in [-0.05, 0) is 47.2 Å². The second kappa shape index (κ2) is 11.4. The fraction of sp³-hybridized carbons (Fsp3) is 0.296. The number of thiophene rings is 1. The van der Waals surface area contributed by atoms with E-state index >= 15 is 0 Å². The maximum absolute atomic E-state index is 13.6. The van der Waals surface area contributed by atoms with Crippen molar-refractivity contribution in [2.45, 2.75) is 26.1 Å². The molecule has 0 atom stereocenters. The molecule has 0 bridgehead atoms. The van der Waals surface area contributed by atoms with E-state index in [1.165, 1.54) is 27.8 Å². The molecule has 2 aromatic heterocycles. The Bertz CT molecular complexity index is 1400. The summed E-state index contributed by atoms with van der Waals surface area (Å²) in [6, 6.07) is 18.3. The predicted octanol–water partition coefficient (Wildman–Crippen LogP) is 4.57. The average Bonchev–Trinajstić information content (AvgIpc) is 3.35. The minimum atomic E-state index is -0.178. The van der Waals surface area contributed by atoms with Crippen LogP contribution in [0, 0.1) is 0 Å². The van der Waals surface area contributed by atoms with Gasteiger partial charge in [0.05, 0.1) is 11.7 Å². The third-order valence-electron chi connectivity index (χ3n) is 6.44. The number of fused-ring (bicyclic) bond motifs is 2. The molecule has 4 aromatic rings. The predicted molar refractivity (Wildman–Crippen MR) is 148 cm³/mol. The van der Waals surface area contributed by atoms with Gasteiger partial charge in [0.25, 0.3) is 5.56 Å². The quantitative estimate of drug-likeness (QED) is 0.392. The first-order valence-corrected chi connectivity index (χ1v) is 13.7. The zero-order valence-corrected chi connectivity index (χ0v) is 22.3. The molecule has 2 aromatic carbocycles. The van der Waals surface area contributed by atoms with Gasteiger partial charge in [0.2, 0.25) is 5.91 Å². The van der Waals surface area contributed by atoms with Crippen LogP contribution in [0.15, 0.2) is 75.6 Å². The number of nitrogens with one attached hydrogen (secondary N) is 1. The number of aromatic nitrogens is 2. The summed E-state index contributed by atoms with van der Waals surface area (Å²) >= 11 is 5.01. The number of halogens is 1. The highest BCUT2D eigenvalue weighted by molar-refractivity contribution is 9.10. The van der Waals surface area contributed by atoms with Crippen molar-refractivity contribution in [3.8, 4) is 0 Å². The number of amides is 1. The van der Waals surface area contributed by atoms with E-state index in [9.17, 15) is 9.59 Å². The van der Waals surface area contributed by atoms with Gasteiger partial charge in [-0.25, -0.2) is 4.98 Å². The van der Waals surface area contributed by atoms with Crippen molar-refractivity contribution in [3.05, 3.63) is 92.3 Å². The van der Waals surface area contributed by atoms with Crippen molar-refractivity contribution < 1.29 is 4.79 Å². The van der Waals surface area contributed by atoms with Crippen LogP contribution in [0.1, 0.15) is 17.5 Å². The summed E-state index contributed by atoms with van der Waals surface area (Å²) in [5, 5.41) is 5.96. The lowest BCUT2D eigenvalue weighted by atomic mass is 10.1. The Balaban J connectivity index is 1.40. The zero-order chi connectivity index (χ0) is 24.9. The van der Waals surface area contributed by atoms with Crippen molar-refractivity contribution >= 4 is 49.1 Å². The molecule has 1 N–H and O–H groups in total. The maximum Gasteiger partial charge on any atom is 0.262 e. The van der Waals surface area contributed by atoms with Crippen LogP contribution in [0.4, 0.5) is 5.69 Å². The molecule has 0 aliphatic carbocycles. The molecule has 3 heterocycles. The topological polar surface area (TPSA) is 70.5 Å². The summed E-state index contributed by atoms with van der Waals surface area (Å²) in [5.41, 5.74) is 3.16. The number of carbonyl (C=O) groups excluding carboxylic acids is 1. The molecule has 36 heavy (non-hydrogen) atoms. The molecule has 186 valence electrons. The maximum atomic E-state index is 13.6. The summed E-state index contributed by atoms with van der Waals surface area (Å²) in [6.07, 6.45) is 2.48. The fourth-order valence-electron chi connectivity index (χ4n) is 4.51. The second-order valence-electron chi connectivity index (χ2n) is 8.98. The van der Waals surface area contributed by atoms with Crippen LogP contribution < -0.4 is 10.9 Å². The van der Waals surface area contributed by atoms with Crippen LogP contribution in [0.25, 0.3) is 10.2 Å². The molecule has 0 saturated heterocycles. The molecule has 0 fully saturated rings. The van der Waals surface area contributed by atoms with E-state index < -0.39 is 0 Å². The Morgan fingerprint density at radius 2 is 1.94 bits per heavy atom. The van der Waals surface area contributed by atoms with E-state index in [2.05, 4.69) is 67.5 Å². The number of hydrogen-bond donors (Lipinski definition) is 1.